The Bertz CT molecular complexity index is 945. The van der Waals surface area contributed by atoms with E-state index in [2.05, 4.69) is 24.8 Å². The van der Waals surface area contributed by atoms with Gasteiger partial charge in [0, 0.05) is 32.2 Å². The van der Waals surface area contributed by atoms with Gasteiger partial charge in [-0.2, -0.15) is 13.2 Å². The third-order valence-corrected chi connectivity index (χ3v) is 4.64. The molecule has 0 saturated carbocycles. The van der Waals surface area contributed by atoms with Gasteiger partial charge in [-0.15, -0.1) is 0 Å². The van der Waals surface area contributed by atoms with E-state index in [4.69, 9.17) is 0 Å². The van der Waals surface area contributed by atoms with E-state index in [0.29, 0.717) is 5.69 Å². The molecule has 31 heavy (non-hydrogen) atoms. The highest BCUT2D eigenvalue weighted by atomic mass is 19.4. The van der Waals surface area contributed by atoms with Crippen LogP contribution in [0, 0.1) is 10.1 Å². The van der Waals surface area contributed by atoms with Gasteiger partial charge in [0.15, 0.2) is 6.61 Å². The molecule has 0 unspecified atom stereocenters. The van der Waals surface area contributed by atoms with Gasteiger partial charge in [-0.3, -0.25) is 14.9 Å². The molecule has 12 heteroatoms. The Balaban J connectivity index is 1.73. The highest BCUT2D eigenvalue weighted by Gasteiger charge is 2.29. The summed E-state index contributed by atoms with van der Waals surface area (Å²) in [5, 5.41) is 13.7. The number of alkyl halides is 3. The maximum absolute atomic E-state index is 12.6. The number of nitrogens with one attached hydrogen (secondary N) is 1. The van der Waals surface area contributed by atoms with Crippen molar-refractivity contribution in [3.8, 4) is 5.75 Å². The van der Waals surface area contributed by atoms with Crippen LogP contribution in [0.3, 0.4) is 0 Å². The van der Waals surface area contributed by atoms with E-state index in [9.17, 15) is 28.1 Å². The molecular weight excluding hydrogens is 419 g/mol. The Labute approximate surface area is 175 Å². The lowest BCUT2D eigenvalue weighted by molar-refractivity contribution is -0.385. The normalized spacial score (nSPS) is 14.9. The van der Waals surface area contributed by atoms with Crippen LogP contribution < -0.4 is 15.0 Å². The number of benzene rings is 1. The first-order valence-electron chi connectivity index (χ1n) is 9.31. The molecule has 9 nitrogen and oxygen atoms in total. The average molecular weight is 439 g/mol. The number of carbonyl (C=O) groups is 1. The number of nitrogens with zero attached hydrogens (tertiary/aromatic N) is 4. The molecule has 1 N–H and O–H groups in total. The lowest BCUT2D eigenvalue weighted by atomic mass is 10.1. The summed E-state index contributed by atoms with van der Waals surface area (Å²) in [6.07, 6.45) is -3.16. The topological polar surface area (TPSA) is 101 Å². The Hall–Kier alpha value is -3.41. The minimum absolute atomic E-state index is 0.291. The summed E-state index contributed by atoms with van der Waals surface area (Å²) in [6.45, 7) is 1.84. The molecule has 0 spiro atoms. The van der Waals surface area contributed by atoms with Crippen molar-refractivity contribution in [2.75, 3.05) is 50.1 Å². The van der Waals surface area contributed by atoms with Gasteiger partial charge in [0.1, 0.15) is 17.1 Å². The van der Waals surface area contributed by atoms with Gasteiger partial charge in [0.25, 0.3) is 11.6 Å². The molecule has 1 aromatic carbocycles. The summed E-state index contributed by atoms with van der Waals surface area (Å²) in [7, 11) is 2.03. The molecule has 2 aromatic rings. The van der Waals surface area contributed by atoms with E-state index in [0.717, 1.165) is 50.2 Å². The molecule has 1 aliphatic heterocycles. The molecule has 0 bridgehead atoms. The predicted molar refractivity (Wildman–Crippen MR) is 107 cm³/mol. The van der Waals surface area contributed by atoms with Crippen molar-refractivity contribution in [2.24, 2.45) is 0 Å². The first-order valence-corrected chi connectivity index (χ1v) is 9.31. The largest absolute Gasteiger partial charge is 0.484 e. The fourth-order valence-corrected chi connectivity index (χ4v) is 2.99. The number of nitro groups is 1. The van der Waals surface area contributed by atoms with Crippen molar-refractivity contribution in [1.29, 1.82) is 0 Å². The third kappa shape index (κ3) is 6.04. The number of hydrogen-bond acceptors (Lipinski definition) is 7. The number of ether oxygens (including phenoxy) is 1. The number of hydrogen-bond donors (Lipinski definition) is 1. The zero-order valence-corrected chi connectivity index (χ0v) is 16.6. The van der Waals surface area contributed by atoms with Crippen molar-refractivity contribution in [3.05, 3.63) is 52.2 Å². The van der Waals surface area contributed by atoms with Crippen LogP contribution in [0.25, 0.3) is 0 Å². The lowest BCUT2D eigenvalue weighted by Crippen LogP contribution is -2.44. The highest BCUT2D eigenvalue weighted by Crippen LogP contribution is 2.27. The standard InChI is InChI=1S/C19H20F3N5O4/c1-25-6-8-26(9-7-25)17-5-2-13(11-23-17)24-18(28)15-10-14(31-12-19(20,21)22)3-4-16(15)27(29)30/h2-5,10-11H,6-9,12H2,1H3,(H,24,28). The minimum Gasteiger partial charge on any atom is -0.484 e. The molecule has 1 saturated heterocycles. The summed E-state index contributed by atoms with van der Waals surface area (Å²) in [6, 6.07) is 6.17. The van der Waals surface area contributed by atoms with Crippen molar-refractivity contribution in [1.82, 2.24) is 9.88 Å². The number of aromatic nitrogens is 1. The molecular formula is C19H20F3N5O4. The zero-order valence-electron chi connectivity index (χ0n) is 16.6. The van der Waals surface area contributed by atoms with Crippen molar-refractivity contribution >= 4 is 23.1 Å². The maximum atomic E-state index is 12.6. The molecule has 2 heterocycles. The molecule has 3 rings (SSSR count). The molecule has 0 radical (unpaired) electrons. The van der Waals surface area contributed by atoms with E-state index in [1.54, 1.807) is 12.1 Å². The van der Waals surface area contributed by atoms with Gasteiger partial charge in [0.05, 0.1) is 16.8 Å². The lowest BCUT2D eigenvalue weighted by Gasteiger charge is -2.33. The molecule has 0 aliphatic carbocycles. The molecule has 1 amide bonds. The monoisotopic (exact) mass is 439 g/mol. The maximum Gasteiger partial charge on any atom is 0.422 e. The Morgan fingerprint density at radius 2 is 1.94 bits per heavy atom. The number of amides is 1. The number of pyridine rings is 1. The Kier molecular flexibility index (Phi) is 6.59. The second-order valence-corrected chi connectivity index (χ2v) is 6.99. The Morgan fingerprint density at radius 3 is 2.52 bits per heavy atom. The number of likely N-dealkylation sites (N-methyl/N-ethyl adjacent to an activating group) is 1. The van der Waals surface area contributed by atoms with E-state index in [-0.39, 0.29) is 5.75 Å². The summed E-state index contributed by atoms with van der Waals surface area (Å²) in [4.78, 5) is 31.6. The first kappa shape index (κ1) is 22.3. The number of nitro benzene ring substituents is 1. The fraction of sp³-hybridized carbons (Fsp3) is 0.368. The third-order valence-electron chi connectivity index (χ3n) is 4.64. The number of carbonyl (C=O) groups excluding carboxylic acids is 1. The van der Waals surface area contributed by atoms with Crippen molar-refractivity contribution in [3.63, 3.8) is 0 Å². The van der Waals surface area contributed by atoms with Crippen LogP contribution in [0.15, 0.2) is 36.5 Å². The second kappa shape index (κ2) is 9.16. The van der Waals surface area contributed by atoms with Gasteiger partial charge in [-0.1, -0.05) is 0 Å². The van der Waals surface area contributed by atoms with Gasteiger partial charge < -0.3 is 19.9 Å². The van der Waals surface area contributed by atoms with E-state index in [1.807, 2.05) is 7.05 Å². The van der Waals surface area contributed by atoms with Crippen molar-refractivity contribution in [2.45, 2.75) is 6.18 Å². The minimum atomic E-state index is -4.58. The van der Waals surface area contributed by atoms with Crippen LogP contribution in [0.5, 0.6) is 5.75 Å². The smallest absolute Gasteiger partial charge is 0.422 e. The van der Waals surface area contributed by atoms with Crippen LogP contribution in [0.4, 0.5) is 30.4 Å². The average Bonchev–Trinajstić information content (AvgIpc) is 2.72. The van der Waals surface area contributed by atoms with Crippen LogP contribution in [0.2, 0.25) is 0 Å². The van der Waals surface area contributed by atoms with Gasteiger partial charge in [-0.25, -0.2) is 4.98 Å². The Morgan fingerprint density at radius 1 is 1.23 bits per heavy atom. The van der Waals surface area contributed by atoms with E-state index < -0.39 is 34.9 Å². The summed E-state index contributed by atoms with van der Waals surface area (Å²) >= 11 is 0. The molecule has 1 aliphatic rings. The highest BCUT2D eigenvalue weighted by molar-refractivity contribution is 6.07. The van der Waals surface area contributed by atoms with Crippen LogP contribution in [-0.2, 0) is 0 Å². The quantitative estimate of drug-likeness (QED) is 0.546. The zero-order chi connectivity index (χ0) is 22.6. The van der Waals surface area contributed by atoms with Crippen molar-refractivity contribution < 1.29 is 27.6 Å². The van der Waals surface area contributed by atoms with Gasteiger partial charge in [-0.05, 0) is 31.3 Å². The molecule has 1 fully saturated rings. The van der Waals surface area contributed by atoms with E-state index in [1.165, 1.54) is 6.20 Å². The number of halogens is 3. The van der Waals surface area contributed by atoms with Crippen LogP contribution in [0.1, 0.15) is 10.4 Å². The molecule has 1 aromatic heterocycles. The number of piperazine rings is 1. The molecule has 0 atom stereocenters. The van der Waals surface area contributed by atoms with E-state index >= 15 is 0 Å². The van der Waals surface area contributed by atoms with Crippen LogP contribution in [-0.4, -0.2) is 66.7 Å². The molecule has 166 valence electrons. The fourth-order valence-electron chi connectivity index (χ4n) is 2.99. The van der Waals surface area contributed by atoms with Gasteiger partial charge in [0.2, 0.25) is 0 Å². The summed E-state index contributed by atoms with van der Waals surface area (Å²) in [5.74, 6) is -0.436. The predicted octanol–water partition coefficient (Wildman–Crippen LogP) is 2.94. The second-order valence-electron chi connectivity index (χ2n) is 6.99. The number of rotatable bonds is 6. The SMILES string of the molecule is CN1CCN(c2ccc(NC(=O)c3cc(OCC(F)(F)F)ccc3[N+](=O)[O-])cn2)CC1. The summed E-state index contributed by atoms with van der Waals surface area (Å²) < 4.78 is 41.7. The first-order chi connectivity index (χ1) is 14.6. The van der Waals surface area contributed by atoms with Crippen LogP contribution >= 0.6 is 0 Å². The van der Waals surface area contributed by atoms with Gasteiger partial charge >= 0.3 is 6.18 Å². The number of anilines is 2. The summed E-state index contributed by atoms with van der Waals surface area (Å²) in [5.41, 5.74) is -0.689.